The Bertz CT molecular complexity index is 1070. The molecule has 0 bridgehead atoms. The van der Waals surface area contributed by atoms with Crippen molar-refractivity contribution in [3.05, 3.63) is 69.6 Å². The first kappa shape index (κ1) is 17.5. The summed E-state index contributed by atoms with van der Waals surface area (Å²) in [5.41, 5.74) is 3.59. The second-order valence-electron chi connectivity index (χ2n) is 7.07. The lowest BCUT2D eigenvalue weighted by Gasteiger charge is -2.12. The number of aromatic nitrogens is 2. The van der Waals surface area contributed by atoms with E-state index in [9.17, 15) is 9.59 Å². The Morgan fingerprint density at radius 1 is 1.11 bits per heavy atom. The van der Waals surface area contributed by atoms with Gasteiger partial charge in [-0.3, -0.25) is 9.59 Å². The molecule has 0 radical (unpaired) electrons. The van der Waals surface area contributed by atoms with E-state index in [-0.39, 0.29) is 11.5 Å². The van der Waals surface area contributed by atoms with E-state index in [1.54, 1.807) is 12.1 Å². The van der Waals surface area contributed by atoms with Crippen molar-refractivity contribution in [2.45, 2.75) is 45.6 Å². The molecule has 1 aliphatic rings. The number of hydrogen-bond donors (Lipinski definition) is 1. The normalized spacial score (nSPS) is 12.9. The van der Waals surface area contributed by atoms with Gasteiger partial charge in [0.15, 0.2) is 5.69 Å². The van der Waals surface area contributed by atoms with Crippen LogP contribution in [0, 0.1) is 0 Å². The zero-order valence-corrected chi connectivity index (χ0v) is 15.5. The average Bonchev–Trinajstić information content (AvgIpc) is 3.15. The highest BCUT2D eigenvalue weighted by atomic mass is 16.2. The van der Waals surface area contributed by atoms with Crippen LogP contribution in [0.25, 0.3) is 10.8 Å². The second kappa shape index (κ2) is 7.35. The molecule has 0 aliphatic heterocycles. The fourth-order valence-corrected chi connectivity index (χ4v) is 3.70. The number of anilines is 1. The van der Waals surface area contributed by atoms with E-state index in [4.69, 9.17) is 0 Å². The minimum absolute atomic E-state index is 0.145. The number of amides is 1. The monoisotopic (exact) mass is 361 g/mol. The highest BCUT2D eigenvalue weighted by Crippen LogP contribution is 2.25. The summed E-state index contributed by atoms with van der Waals surface area (Å²) in [7, 11) is 0. The molecular weight excluding hydrogens is 338 g/mol. The Morgan fingerprint density at radius 3 is 2.70 bits per heavy atom. The first-order chi connectivity index (χ1) is 13.2. The van der Waals surface area contributed by atoms with Crippen LogP contribution >= 0.6 is 0 Å². The van der Waals surface area contributed by atoms with E-state index >= 15 is 0 Å². The topological polar surface area (TPSA) is 64.0 Å². The molecule has 5 nitrogen and oxygen atoms in total. The number of fused-ring (bicyclic) bond motifs is 2. The van der Waals surface area contributed by atoms with Crippen molar-refractivity contribution in [2.24, 2.45) is 0 Å². The fraction of sp³-hybridized carbons (Fsp3) is 0.318. The SMILES string of the molecule is CCCCn1nc(C(=O)Nc2ccc3c(c2)CCC3)c2ccccc2c1=O. The van der Waals surface area contributed by atoms with E-state index in [1.807, 2.05) is 18.2 Å². The summed E-state index contributed by atoms with van der Waals surface area (Å²) in [5, 5.41) is 8.49. The van der Waals surface area contributed by atoms with Crippen LogP contribution in [0.3, 0.4) is 0 Å². The summed E-state index contributed by atoms with van der Waals surface area (Å²) in [6.07, 6.45) is 5.14. The predicted molar refractivity (Wildman–Crippen MR) is 107 cm³/mol. The molecule has 1 aliphatic carbocycles. The lowest BCUT2D eigenvalue weighted by atomic mass is 10.1. The Morgan fingerprint density at radius 2 is 1.89 bits per heavy atom. The van der Waals surface area contributed by atoms with E-state index in [0.29, 0.717) is 23.0 Å². The van der Waals surface area contributed by atoms with E-state index in [2.05, 4.69) is 29.5 Å². The number of rotatable bonds is 5. The molecule has 0 spiro atoms. The van der Waals surface area contributed by atoms with Gasteiger partial charge in [0.1, 0.15) is 0 Å². The van der Waals surface area contributed by atoms with E-state index in [1.165, 1.54) is 22.2 Å². The van der Waals surface area contributed by atoms with Gasteiger partial charge in [-0.2, -0.15) is 5.10 Å². The Labute approximate surface area is 158 Å². The third-order valence-corrected chi connectivity index (χ3v) is 5.16. The molecule has 0 unspecified atom stereocenters. The minimum Gasteiger partial charge on any atom is -0.321 e. The molecule has 1 amide bonds. The smallest absolute Gasteiger partial charge is 0.276 e. The third-order valence-electron chi connectivity index (χ3n) is 5.16. The van der Waals surface area contributed by atoms with Crippen molar-refractivity contribution in [2.75, 3.05) is 5.32 Å². The maximum atomic E-state index is 13.0. The van der Waals surface area contributed by atoms with Gasteiger partial charge in [0.2, 0.25) is 0 Å². The number of hydrogen-bond acceptors (Lipinski definition) is 3. The zero-order valence-electron chi connectivity index (χ0n) is 15.5. The van der Waals surface area contributed by atoms with Gasteiger partial charge in [-0.1, -0.05) is 37.6 Å². The van der Waals surface area contributed by atoms with Gasteiger partial charge in [-0.25, -0.2) is 4.68 Å². The van der Waals surface area contributed by atoms with Crippen molar-refractivity contribution in [1.29, 1.82) is 0 Å². The van der Waals surface area contributed by atoms with Gasteiger partial charge < -0.3 is 5.32 Å². The molecule has 0 atom stereocenters. The van der Waals surface area contributed by atoms with Gasteiger partial charge in [0.05, 0.1) is 5.39 Å². The number of nitrogens with one attached hydrogen (secondary N) is 1. The maximum absolute atomic E-state index is 13.0. The van der Waals surface area contributed by atoms with Crippen LogP contribution in [0.2, 0.25) is 0 Å². The minimum atomic E-state index is -0.283. The largest absolute Gasteiger partial charge is 0.321 e. The number of carbonyl (C=O) groups excluding carboxylic acids is 1. The van der Waals surface area contributed by atoms with Gasteiger partial charge >= 0.3 is 0 Å². The molecule has 5 heteroatoms. The lowest BCUT2D eigenvalue weighted by Crippen LogP contribution is -2.27. The second-order valence-corrected chi connectivity index (χ2v) is 7.07. The quantitative estimate of drug-likeness (QED) is 0.749. The van der Waals surface area contributed by atoms with Crippen LogP contribution in [0.15, 0.2) is 47.3 Å². The molecule has 3 aromatic rings. The number of benzene rings is 2. The van der Waals surface area contributed by atoms with Gasteiger partial charge in [0.25, 0.3) is 11.5 Å². The number of nitrogens with zero attached hydrogens (tertiary/aromatic N) is 2. The number of carbonyl (C=O) groups is 1. The molecular formula is C22H23N3O2. The lowest BCUT2D eigenvalue weighted by molar-refractivity contribution is 0.102. The van der Waals surface area contributed by atoms with Crippen molar-refractivity contribution in [3.63, 3.8) is 0 Å². The number of aryl methyl sites for hydroxylation is 3. The van der Waals surface area contributed by atoms with Crippen molar-refractivity contribution in [3.8, 4) is 0 Å². The van der Waals surface area contributed by atoms with Crippen molar-refractivity contribution in [1.82, 2.24) is 9.78 Å². The van der Waals surface area contributed by atoms with Crippen LogP contribution in [0.4, 0.5) is 5.69 Å². The molecule has 1 N–H and O–H groups in total. The molecule has 0 fully saturated rings. The van der Waals surface area contributed by atoms with Crippen LogP contribution in [-0.4, -0.2) is 15.7 Å². The number of unbranched alkanes of at least 4 members (excludes halogenated alkanes) is 1. The highest BCUT2D eigenvalue weighted by molar-refractivity contribution is 6.11. The molecule has 4 rings (SSSR count). The van der Waals surface area contributed by atoms with Gasteiger partial charge in [-0.15, -0.1) is 0 Å². The summed E-state index contributed by atoms with van der Waals surface area (Å²) in [6, 6.07) is 13.3. The van der Waals surface area contributed by atoms with Crippen molar-refractivity contribution < 1.29 is 4.79 Å². The van der Waals surface area contributed by atoms with Gasteiger partial charge in [0, 0.05) is 17.6 Å². The summed E-state index contributed by atoms with van der Waals surface area (Å²) >= 11 is 0. The third kappa shape index (κ3) is 3.37. The Balaban J connectivity index is 1.72. The van der Waals surface area contributed by atoms with E-state index in [0.717, 1.165) is 31.4 Å². The summed E-state index contributed by atoms with van der Waals surface area (Å²) in [5.74, 6) is -0.283. The van der Waals surface area contributed by atoms with Crippen LogP contribution in [0.1, 0.15) is 47.8 Å². The molecule has 27 heavy (non-hydrogen) atoms. The fourth-order valence-electron chi connectivity index (χ4n) is 3.70. The van der Waals surface area contributed by atoms with Crippen molar-refractivity contribution >= 4 is 22.4 Å². The molecule has 1 aromatic heterocycles. The van der Waals surface area contributed by atoms with Crippen LogP contribution in [0.5, 0.6) is 0 Å². The highest BCUT2D eigenvalue weighted by Gasteiger charge is 2.18. The standard InChI is InChI=1S/C22H23N3O2/c1-2-3-13-25-22(27)19-10-5-4-9-18(19)20(24-25)21(26)23-17-12-11-15-7-6-8-16(15)14-17/h4-5,9-12,14H,2-3,6-8,13H2,1H3,(H,23,26). The average molecular weight is 361 g/mol. The molecule has 1 heterocycles. The molecule has 0 saturated carbocycles. The van der Waals surface area contributed by atoms with E-state index < -0.39 is 0 Å². The maximum Gasteiger partial charge on any atom is 0.276 e. The molecule has 0 saturated heterocycles. The predicted octanol–water partition coefficient (Wildman–Crippen LogP) is 3.94. The Hall–Kier alpha value is -2.95. The van der Waals surface area contributed by atoms with Crippen LogP contribution < -0.4 is 10.9 Å². The van der Waals surface area contributed by atoms with Gasteiger partial charge in [-0.05, 0) is 55.0 Å². The molecule has 138 valence electrons. The Kier molecular flexibility index (Phi) is 4.75. The molecule has 2 aromatic carbocycles. The van der Waals surface area contributed by atoms with Crippen LogP contribution in [-0.2, 0) is 19.4 Å². The summed E-state index contributed by atoms with van der Waals surface area (Å²) < 4.78 is 1.42. The first-order valence-electron chi connectivity index (χ1n) is 9.60. The summed E-state index contributed by atoms with van der Waals surface area (Å²) in [6.45, 7) is 2.58. The summed E-state index contributed by atoms with van der Waals surface area (Å²) in [4.78, 5) is 25.6. The first-order valence-corrected chi connectivity index (χ1v) is 9.60. The zero-order chi connectivity index (χ0) is 18.8.